The van der Waals surface area contributed by atoms with E-state index in [1.54, 1.807) is 19.1 Å². The van der Waals surface area contributed by atoms with Crippen LogP contribution in [0.4, 0.5) is 0 Å². The maximum Gasteiger partial charge on any atom is 0.145 e. The average molecular weight is 181 g/mol. The molecule has 0 atom stereocenters. The maximum absolute atomic E-state index is 10.3. The summed E-state index contributed by atoms with van der Waals surface area (Å²) >= 11 is 5.75. The van der Waals surface area contributed by atoms with Crippen LogP contribution in [0.3, 0.4) is 0 Å². The normalized spacial score (nSPS) is 11.3. The Morgan fingerprint density at radius 1 is 1.50 bits per heavy atom. The fraction of sp³-hybridized carbons (Fsp3) is 0.100. The van der Waals surface area contributed by atoms with Gasteiger partial charge in [-0.05, 0) is 36.3 Å². The number of rotatable bonds is 2. The first kappa shape index (κ1) is 9.01. The van der Waals surface area contributed by atoms with Crippen molar-refractivity contribution in [2.75, 3.05) is 0 Å². The van der Waals surface area contributed by atoms with Gasteiger partial charge in [0.15, 0.2) is 0 Å². The van der Waals surface area contributed by atoms with Gasteiger partial charge in [-0.25, -0.2) is 0 Å². The number of allylic oxidation sites excluding steroid dienone is 1. The highest BCUT2D eigenvalue weighted by Crippen LogP contribution is 2.12. The number of hydrogen-bond acceptors (Lipinski definition) is 1. The lowest BCUT2D eigenvalue weighted by Crippen LogP contribution is -1.77. The third kappa shape index (κ3) is 2.51. The van der Waals surface area contributed by atoms with E-state index in [1.807, 2.05) is 18.2 Å². The van der Waals surface area contributed by atoms with Crippen molar-refractivity contribution in [2.24, 2.45) is 0 Å². The Balaban J connectivity index is 2.97. The summed E-state index contributed by atoms with van der Waals surface area (Å²) in [6.07, 6.45) is 2.61. The highest BCUT2D eigenvalue weighted by Gasteiger charge is 1.90. The highest BCUT2D eigenvalue weighted by atomic mass is 35.5. The van der Waals surface area contributed by atoms with Crippen molar-refractivity contribution in [3.63, 3.8) is 0 Å². The summed E-state index contributed by atoms with van der Waals surface area (Å²) in [4.78, 5) is 10.3. The lowest BCUT2D eigenvalue weighted by Gasteiger charge is -1.94. The van der Waals surface area contributed by atoms with Gasteiger partial charge in [0.05, 0.1) is 0 Å². The lowest BCUT2D eigenvalue weighted by molar-refractivity contribution is -0.104. The molecule has 62 valence electrons. The van der Waals surface area contributed by atoms with Crippen molar-refractivity contribution in [1.82, 2.24) is 0 Å². The van der Waals surface area contributed by atoms with Crippen LogP contribution in [0.1, 0.15) is 12.5 Å². The van der Waals surface area contributed by atoms with Crippen molar-refractivity contribution in [3.05, 3.63) is 40.4 Å². The molecule has 0 spiro atoms. The number of carbonyl (C=O) groups excluding carboxylic acids is 1. The molecular weight excluding hydrogens is 172 g/mol. The van der Waals surface area contributed by atoms with Gasteiger partial charge in [0.1, 0.15) is 6.29 Å². The molecule has 0 fully saturated rings. The molecule has 0 saturated heterocycles. The van der Waals surface area contributed by atoms with E-state index < -0.39 is 0 Å². The number of hydrogen-bond donors (Lipinski definition) is 0. The second kappa shape index (κ2) is 4.07. The van der Waals surface area contributed by atoms with Crippen molar-refractivity contribution in [2.45, 2.75) is 6.92 Å². The van der Waals surface area contributed by atoms with E-state index in [-0.39, 0.29) is 0 Å². The Bertz CT molecular complexity index is 315. The minimum Gasteiger partial charge on any atom is -0.298 e. The second-order valence-electron chi connectivity index (χ2n) is 2.56. The van der Waals surface area contributed by atoms with Crippen LogP contribution in [0.2, 0.25) is 5.02 Å². The Hall–Kier alpha value is -1.08. The molecule has 1 aromatic rings. The van der Waals surface area contributed by atoms with Gasteiger partial charge in [0.2, 0.25) is 0 Å². The van der Waals surface area contributed by atoms with Crippen LogP contribution < -0.4 is 0 Å². The molecule has 0 aliphatic heterocycles. The summed E-state index contributed by atoms with van der Waals surface area (Å²) in [5.41, 5.74) is 1.64. The summed E-state index contributed by atoms with van der Waals surface area (Å²) in [6.45, 7) is 1.76. The third-order valence-electron chi connectivity index (χ3n) is 1.43. The molecule has 0 amide bonds. The third-order valence-corrected chi connectivity index (χ3v) is 1.66. The molecule has 1 nitrogen and oxygen atoms in total. The minimum absolute atomic E-state index is 0.683. The fourth-order valence-corrected chi connectivity index (χ4v) is 1.09. The van der Waals surface area contributed by atoms with E-state index in [0.29, 0.717) is 10.6 Å². The minimum atomic E-state index is 0.683. The summed E-state index contributed by atoms with van der Waals surface area (Å²) in [5, 5.41) is 0.683. The molecule has 0 bridgehead atoms. The standard InChI is InChI=1S/C10H9ClO/c1-8(7-12)5-9-3-2-4-10(11)6-9/h2-7H,1H3. The van der Waals surface area contributed by atoms with Crippen LogP contribution >= 0.6 is 11.6 Å². The molecule has 0 heterocycles. The van der Waals surface area contributed by atoms with Gasteiger partial charge < -0.3 is 0 Å². The van der Waals surface area contributed by atoms with Crippen LogP contribution in [0, 0.1) is 0 Å². The van der Waals surface area contributed by atoms with Gasteiger partial charge >= 0.3 is 0 Å². The largest absolute Gasteiger partial charge is 0.298 e. The van der Waals surface area contributed by atoms with Crippen molar-refractivity contribution in [1.29, 1.82) is 0 Å². The summed E-state index contributed by atoms with van der Waals surface area (Å²) in [7, 11) is 0. The van der Waals surface area contributed by atoms with Gasteiger partial charge in [0.25, 0.3) is 0 Å². The van der Waals surface area contributed by atoms with Crippen LogP contribution in [-0.2, 0) is 4.79 Å². The van der Waals surface area contributed by atoms with E-state index in [2.05, 4.69) is 0 Å². The molecule has 12 heavy (non-hydrogen) atoms. The topological polar surface area (TPSA) is 17.1 Å². The Labute approximate surface area is 76.7 Å². The van der Waals surface area contributed by atoms with E-state index in [1.165, 1.54) is 0 Å². The zero-order valence-corrected chi connectivity index (χ0v) is 7.51. The number of carbonyl (C=O) groups is 1. The highest BCUT2D eigenvalue weighted by molar-refractivity contribution is 6.30. The smallest absolute Gasteiger partial charge is 0.145 e. The van der Waals surface area contributed by atoms with E-state index in [4.69, 9.17) is 11.6 Å². The fourth-order valence-electron chi connectivity index (χ4n) is 0.893. The SMILES string of the molecule is CC(C=O)=Cc1cccc(Cl)c1. The van der Waals surface area contributed by atoms with Crippen molar-refractivity contribution in [3.8, 4) is 0 Å². The molecule has 0 aromatic heterocycles. The van der Waals surface area contributed by atoms with Gasteiger partial charge in [-0.2, -0.15) is 0 Å². The summed E-state index contributed by atoms with van der Waals surface area (Å²) in [6, 6.07) is 7.37. The van der Waals surface area contributed by atoms with E-state index in [0.717, 1.165) is 11.8 Å². The molecule has 0 aliphatic carbocycles. The molecule has 0 unspecified atom stereocenters. The van der Waals surface area contributed by atoms with Crippen LogP contribution in [0.5, 0.6) is 0 Å². The van der Waals surface area contributed by atoms with E-state index >= 15 is 0 Å². The molecular formula is C10H9ClO. The number of halogens is 1. The van der Waals surface area contributed by atoms with Crippen molar-refractivity contribution >= 4 is 24.0 Å². The van der Waals surface area contributed by atoms with Crippen LogP contribution in [0.15, 0.2) is 29.8 Å². The first-order chi connectivity index (χ1) is 5.72. The Morgan fingerprint density at radius 3 is 2.83 bits per heavy atom. The molecule has 0 saturated carbocycles. The Kier molecular flexibility index (Phi) is 3.06. The number of benzene rings is 1. The Morgan fingerprint density at radius 2 is 2.25 bits per heavy atom. The first-order valence-electron chi connectivity index (χ1n) is 3.61. The van der Waals surface area contributed by atoms with Crippen molar-refractivity contribution < 1.29 is 4.79 Å². The lowest BCUT2D eigenvalue weighted by atomic mass is 10.1. The molecule has 2 heteroatoms. The number of aldehydes is 1. The van der Waals surface area contributed by atoms with Gasteiger partial charge in [-0.3, -0.25) is 4.79 Å². The van der Waals surface area contributed by atoms with Crippen LogP contribution in [0.25, 0.3) is 6.08 Å². The molecule has 1 rings (SSSR count). The predicted molar refractivity (Wildman–Crippen MR) is 51.2 cm³/mol. The zero-order chi connectivity index (χ0) is 8.97. The van der Waals surface area contributed by atoms with Gasteiger partial charge in [-0.1, -0.05) is 23.7 Å². The quantitative estimate of drug-likeness (QED) is 0.505. The predicted octanol–water partition coefficient (Wildman–Crippen LogP) is 2.94. The van der Waals surface area contributed by atoms with Gasteiger partial charge in [0, 0.05) is 5.02 Å². The molecule has 1 aromatic carbocycles. The molecule has 0 N–H and O–H groups in total. The maximum atomic E-state index is 10.3. The van der Waals surface area contributed by atoms with E-state index in [9.17, 15) is 4.79 Å². The molecule has 0 radical (unpaired) electrons. The van der Waals surface area contributed by atoms with Crippen LogP contribution in [-0.4, -0.2) is 6.29 Å². The monoisotopic (exact) mass is 180 g/mol. The first-order valence-corrected chi connectivity index (χ1v) is 3.99. The van der Waals surface area contributed by atoms with Gasteiger partial charge in [-0.15, -0.1) is 0 Å². The second-order valence-corrected chi connectivity index (χ2v) is 3.00. The summed E-state index contributed by atoms with van der Waals surface area (Å²) in [5.74, 6) is 0. The molecule has 0 aliphatic rings. The average Bonchev–Trinajstić information content (AvgIpc) is 2.04. The zero-order valence-electron chi connectivity index (χ0n) is 6.75. The summed E-state index contributed by atoms with van der Waals surface area (Å²) < 4.78 is 0.